The van der Waals surface area contributed by atoms with E-state index in [1.54, 1.807) is 6.08 Å². The van der Waals surface area contributed by atoms with Crippen molar-refractivity contribution in [2.75, 3.05) is 14.2 Å². The zero-order chi connectivity index (χ0) is 25.8. The topological polar surface area (TPSA) is 89.0 Å². The molecular formula is C30H28N2O4. The summed E-state index contributed by atoms with van der Waals surface area (Å²) >= 11 is 0. The van der Waals surface area contributed by atoms with Crippen molar-refractivity contribution in [2.45, 2.75) is 12.3 Å². The lowest BCUT2D eigenvalue weighted by Gasteiger charge is -2.10. The molecule has 1 fully saturated rings. The molecule has 0 bridgehead atoms. The van der Waals surface area contributed by atoms with Crippen LogP contribution in [0.25, 0.3) is 17.7 Å². The first kappa shape index (κ1) is 26.1. The zero-order valence-corrected chi connectivity index (χ0v) is 20.3. The summed E-state index contributed by atoms with van der Waals surface area (Å²) in [6.07, 6.45) is 7.88. The van der Waals surface area contributed by atoms with Gasteiger partial charge in [0.2, 0.25) is 0 Å². The van der Waals surface area contributed by atoms with Crippen LogP contribution >= 0.6 is 0 Å². The third-order valence-corrected chi connectivity index (χ3v) is 5.88. The van der Waals surface area contributed by atoms with Crippen LogP contribution in [0.4, 0.5) is 0 Å². The van der Waals surface area contributed by atoms with Gasteiger partial charge in [0.05, 0.1) is 19.6 Å². The van der Waals surface area contributed by atoms with Crippen molar-refractivity contribution in [3.63, 3.8) is 0 Å². The average Bonchev–Trinajstić information content (AvgIpc) is 3.69. The molecule has 6 nitrogen and oxygen atoms in total. The van der Waals surface area contributed by atoms with Gasteiger partial charge < -0.3 is 15.0 Å². The molecule has 2 atom stereocenters. The normalized spacial score (nSPS) is 18.0. The maximum Gasteiger partial charge on any atom is 0.421 e. The van der Waals surface area contributed by atoms with Crippen LogP contribution in [-0.2, 0) is 19.1 Å². The van der Waals surface area contributed by atoms with Crippen molar-refractivity contribution in [2.24, 2.45) is 5.41 Å². The molecule has 182 valence electrons. The molecule has 1 aliphatic rings. The molecule has 0 N–H and O–H groups in total. The summed E-state index contributed by atoms with van der Waals surface area (Å²) in [4.78, 5) is 26.1. The predicted octanol–water partition coefficient (Wildman–Crippen LogP) is 5.59. The molecule has 0 spiro atoms. The van der Waals surface area contributed by atoms with E-state index in [0.717, 1.165) is 17.5 Å². The minimum Gasteiger partial charge on any atom is -0.468 e. The van der Waals surface area contributed by atoms with Crippen LogP contribution in [0.2, 0.25) is 0 Å². The minimum atomic E-state index is -0.676. The summed E-state index contributed by atoms with van der Waals surface area (Å²) in [5.74, 6) is -0.612. The van der Waals surface area contributed by atoms with Crippen molar-refractivity contribution >= 4 is 29.8 Å². The minimum absolute atomic E-state index is 0.138. The Labute approximate surface area is 211 Å². The van der Waals surface area contributed by atoms with Gasteiger partial charge in [-0.15, -0.1) is 0 Å². The maximum absolute atomic E-state index is 12.2. The highest BCUT2D eigenvalue weighted by Gasteiger charge is 2.59. The number of rotatable bonds is 7. The van der Waals surface area contributed by atoms with E-state index in [1.165, 1.54) is 25.9 Å². The Kier molecular flexibility index (Phi) is 9.26. The molecule has 0 aliphatic heterocycles. The number of nitrogens with zero attached hydrogens (tertiary/aromatic N) is 2. The summed E-state index contributed by atoms with van der Waals surface area (Å²) in [5, 5.41) is 0. The molecule has 6 heteroatoms. The van der Waals surface area contributed by atoms with Gasteiger partial charge in [-0.1, -0.05) is 103 Å². The summed E-state index contributed by atoms with van der Waals surface area (Å²) in [5.41, 5.74) is 11.1. The van der Waals surface area contributed by atoms with E-state index in [2.05, 4.69) is 21.7 Å². The Hall–Kier alpha value is -4.54. The maximum atomic E-state index is 12.2. The van der Waals surface area contributed by atoms with E-state index in [1.807, 2.05) is 91.0 Å². The summed E-state index contributed by atoms with van der Waals surface area (Å²) in [7, 11) is 2.69. The van der Waals surface area contributed by atoms with Crippen molar-refractivity contribution in [3.8, 4) is 0 Å². The number of carbonyl (C=O) groups excluding carboxylic acids is 2. The molecular weight excluding hydrogens is 452 g/mol. The van der Waals surface area contributed by atoms with Crippen molar-refractivity contribution < 1.29 is 23.9 Å². The number of ether oxygens (including phenoxy) is 2. The van der Waals surface area contributed by atoms with Gasteiger partial charge in [0.15, 0.2) is 0 Å². The smallest absolute Gasteiger partial charge is 0.421 e. The molecule has 36 heavy (non-hydrogen) atoms. The van der Waals surface area contributed by atoms with Gasteiger partial charge in [-0.2, -0.15) is 4.79 Å². The second-order valence-corrected chi connectivity index (χ2v) is 8.16. The lowest BCUT2D eigenvalue weighted by molar-refractivity contribution is -0.145. The van der Waals surface area contributed by atoms with Crippen LogP contribution in [0, 0.1) is 5.41 Å². The summed E-state index contributed by atoms with van der Waals surface area (Å²) < 4.78 is 9.44. The first-order chi connectivity index (χ1) is 17.5. The fourth-order valence-corrected chi connectivity index (χ4v) is 3.84. The lowest BCUT2D eigenvalue weighted by atomic mass is 9.97. The van der Waals surface area contributed by atoms with Crippen molar-refractivity contribution in [3.05, 3.63) is 125 Å². The lowest BCUT2D eigenvalue weighted by Crippen LogP contribution is -2.17. The van der Waals surface area contributed by atoms with E-state index in [0.29, 0.717) is 0 Å². The van der Waals surface area contributed by atoms with Crippen LogP contribution in [0.5, 0.6) is 0 Å². The molecule has 0 unspecified atom stereocenters. The second-order valence-electron chi connectivity index (χ2n) is 8.16. The fraction of sp³-hybridized carbons (Fsp3) is 0.167. The Morgan fingerprint density at radius 3 is 1.86 bits per heavy atom. The predicted molar refractivity (Wildman–Crippen MR) is 140 cm³/mol. The molecule has 0 amide bonds. The van der Waals surface area contributed by atoms with Gasteiger partial charge in [0, 0.05) is 12.0 Å². The molecule has 1 saturated carbocycles. The number of carbonyl (C=O) groups is 2. The molecule has 0 radical (unpaired) electrons. The molecule has 3 aromatic rings. The third-order valence-electron chi connectivity index (χ3n) is 5.88. The average molecular weight is 481 g/mol. The van der Waals surface area contributed by atoms with Gasteiger partial charge >= 0.3 is 17.7 Å². The van der Waals surface area contributed by atoms with Crippen LogP contribution in [0.3, 0.4) is 0 Å². The largest absolute Gasteiger partial charge is 0.468 e. The molecule has 4 rings (SSSR count). The third kappa shape index (κ3) is 6.75. The zero-order valence-electron chi connectivity index (χ0n) is 20.3. The molecule has 0 heterocycles. The summed E-state index contributed by atoms with van der Waals surface area (Å²) in [6.45, 7) is 0. The van der Waals surface area contributed by atoms with Crippen LogP contribution in [0.1, 0.15) is 29.0 Å². The molecule has 3 aromatic carbocycles. The van der Waals surface area contributed by atoms with Crippen molar-refractivity contribution in [1.29, 1.82) is 0 Å². The second kappa shape index (κ2) is 12.8. The monoisotopic (exact) mass is 480 g/mol. The number of methoxy groups -OCH3 is 2. The van der Waals surface area contributed by atoms with Crippen molar-refractivity contribution in [1.82, 2.24) is 0 Å². The van der Waals surface area contributed by atoms with Crippen LogP contribution < -0.4 is 0 Å². The van der Waals surface area contributed by atoms with Crippen LogP contribution in [0.15, 0.2) is 103 Å². The van der Waals surface area contributed by atoms with E-state index >= 15 is 0 Å². The first-order valence-corrected chi connectivity index (χ1v) is 11.4. The van der Waals surface area contributed by atoms with Crippen LogP contribution in [-0.4, -0.2) is 36.7 Å². The number of hydrogen-bond acceptors (Lipinski definition) is 4. The van der Waals surface area contributed by atoms with Gasteiger partial charge in [-0.25, -0.2) is 4.79 Å². The number of hydrogen-bond donors (Lipinski definition) is 0. The highest BCUT2D eigenvalue weighted by atomic mass is 16.5. The fourth-order valence-electron chi connectivity index (χ4n) is 3.84. The van der Waals surface area contributed by atoms with Gasteiger partial charge in [0.1, 0.15) is 0 Å². The summed E-state index contributed by atoms with van der Waals surface area (Å²) in [6, 6.07) is 29.5. The highest BCUT2D eigenvalue weighted by Crippen LogP contribution is 2.61. The number of benzene rings is 3. The van der Waals surface area contributed by atoms with E-state index in [9.17, 15) is 9.59 Å². The first-order valence-electron chi connectivity index (χ1n) is 11.4. The Morgan fingerprint density at radius 2 is 1.36 bits per heavy atom. The molecule has 1 aliphatic carbocycles. The molecule has 0 saturated heterocycles. The highest BCUT2D eigenvalue weighted by molar-refractivity contribution is 6.39. The van der Waals surface area contributed by atoms with Gasteiger partial charge in [0.25, 0.3) is 0 Å². The molecule has 0 aromatic heterocycles. The Bertz CT molecular complexity index is 1260. The SMILES string of the molecule is COC(=O)C(/C=C/c1ccccc1)=[N+]=[N-].COC(=O)[C@@]1(/C=C/c2ccccc2)C[C@@H]1c1ccccc1. The van der Waals surface area contributed by atoms with Gasteiger partial charge in [-0.3, -0.25) is 4.79 Å². The standard InChI is InChI=1S/C19H18O2.C11H10N2O2/c1-21-18(20)19(13-12-15-8-4-2-5-9-15)14-17(19)16-10-6-3-7-11-16;1-15-11(14)10(13-12)8-7-9-5-3-2-4-6-9/h2-13,17H,14H2,1H3;2-8H,1H3/b13-12+;8-7+/t17-,19+;/m1./s1. The Balaban J connectivity index is 0.000000214. The van der Waals surface area contributed by atoms with E-state index in [4.69, 9.17) is 10.3 Å². The van der Waals surface area contributed by atoms with Gasteiger partial charge in [-0.05, 0) is 29.2 Å². The van der Waals surface area contributed by atoms with E-state index in [-0.39, 0.29) is 17.6 Å². The van der Waals surface area contributed by atoms with E-state index < -0.39 is 11.4 Å². The quantitative estimate of drug-likeness (QED) is 0.191. The number of esters is 2. The Morgan fingerprint density at radius 1 is 0.833 bits per heavy atom.